The second-order valence-electron chi connectivity index (χ2n) is 5.72. The van der Waals surface area contributed by atoms with Gasteiger partial charge in [0, 0.05) is 30.7 Å². The molecule has 0 spiro atoms. The third kappa shape index (κ3) is 5.01. The van der Waals surface area contributed by atoms with Gasteiger partial charge in [0.15, 0.2) is 0 Å². The van der Waals surface area contributed by atoms with E-state index in [1.54, 1.807) is 18.2 Å². The molecule has 4 nitrogen and oxygen atoms in total. The van der Waals surface area contributed by atoms with Crippen LogP contribution in [0.15, 0.2) is 18.2 Å². The van der Waals surface area contributed by atoms with Gasteiger partial charge < -0.3 is 14.7 Å². The zero-order valence-electron chi connectivity index (χ0n) is 12.4. The number of nitrogens with zero attached hydrogens (tertiary/aromatic N) is 2. The van der Waals surface area contributed by atoms with Crippen LogP contribution in [0, 0.1) is 0 Å². The maximum atomic E-state index is 9.84. The van der Waals surface area contributed by atoms with Gasteiger partial charge in [0.1, 0.15) is 12.4 Å². The summed E-state index contributed by atoms with van der Waals surface area (Å²) in [7, 11) is 4.10. The van der Waals surface area contributed by atoms with Gasteiger partial charge in [-0.05, 0) is 38.7 Å². The molecule has 1 fully saturated rings. The monoisotopic (exact) mass is 332 g/mol. The van der Waals surface area contributed by atoms with Crippen molar-refractivity contribution >= 4 is 23.2 Å². The summed E-state index contributed by atoms with van der Waals surface area (Å²) in [6.45, 7) is 2.96. The number of aliphatic hydroxyl groups is 1. The van der Waals surface area contributed by atoms with Crippen molar-refractivity contribution in [2.24, 2.45) is 0 Å². The van der Waals surface area contributed by atoms with Crippen molar-refractivity contribution < 1.29 is 9.84 Å². The van der Waals surface area contributed by atoms with Crippen molar-refractivity contribution in [3.8, 4) is 5.75 Å². The van der Waals surface area contributed by atoms with E-state index in [1.807, 2.05) is 14.1 Å². The fraction of sp³-hybridized carbons (Fsp3) is 0.600. The van der Waals surface area contributed by atoms with Crippen LogP contribution in [0.4, 0.5) is 0 Å². The number of β-amino-alcohol motifs (C(OH)–C–C–N with tert-alkyl or cyclic N) is 1. The van der Waals surface area contributed by atoms with Crippen LogP contribution >= 0.6 is 23.2 Å². The van der Waals surface area contributed by atoms with E-state index in [2.05, 4.69) is 9.80 Å². The summed E-state index contributed by atoms with van der Waals surface area (Å²) in [5, 5.41) is 11.0. The largest absolute Gasteiger partial charge is 0.491 e. The quantitative estimate of drug-likeness (QED) is 0.867. The number of hydrogen-bond acceptors (Lipinski definition) is 4. The first-order valence-corrected chi connectivity index (χ1v) is 7.86. The molecule has 21 heavy (non-hydrogen) atoms. The second-order valence-corrected chi connectivity index (χ2v) is 6.57. The molecule has 2 unspecified atom stereocenters. The highest BCUT2D eigenvalue weighted by molar-refractivity contribution is 6.35. The molecule has 118 valence electrons. The molecule has 0 radical (unpaired) electrons. The summed E-state index contributed by atoms with van der Waals surface area (Å²) in [6.07, 6.45) is 0.578. The molecule has 1 aliphatic rings. The van der Waals surface area contributed by atoms with Crippen LogP contribution in [0.1, 0.15) is 6.42 Å². The van der Waals surface area contributed by atoms with Crippen molar-refractivity contribution in [2.75, 3.05) is 40.3 Å². The average molecular weight is 333 g/mol. The summed E-state index contributed by atoms with van der Waals surface area (Å²) in [5.74, 6) is 0.643. The van der Waals surface area contributed by atoms with Gasteiger partial charge in [0.05, 0.1) is 11.1 Å². The third-order valence-electron chi connectivity index (χ3n) is 3.61. The van der Waals surface area contributed by atoms with Gasteiger partial charge in [-0.25, -0.2) is 0 Å². The molecule has 2 rings (SSSR count). The number of rotatable bonds is 6. The topological polar surface area (TPSA) is 35.9 Å². The van der Waals surface area contributed by atoms with E-state index >= 15 is 0 Å². The van der Waals surface area contributed by atoms with Gasteiger partial charge in [0.25, 0.3) is 0 Å². The predicted molar refractivity (Wildman–Crippen MR) is 86.5 cm³/mol. The van der Waals surface area contributed by atoms with E-state index < -0.39 is 0 Å². The minimum Gasteiger partial charge on any atom is -0.491 e. The molecule has 0 bridgehead atoms. The normalized spacial score (nSPS) is 23.0. The summed E-state index contributed by atoms with van der Waals surface area (Å²) in [4.78, 5) is 4.42. The lowest BCUT2D eigenvalue weighted by Gasteiger charge is -2.26. The minimum atomic E-state index is -0.242. The van der Waals surface area contributed by atoms with Gasteiger partial charge >= 0.3 is 0 Å². The standard InChI is InChI=1S/C15H22Cl2N2O2/c1-18(2)9-12-8-13(20)10-19(12)5-6-21-15-4-3-11(16)7-14(15)17/h3-4,7,12-13,20H,5-6,8-10H2,1-2H3. The Morgan fingerprint density at radius 1 is 1.38 bits per heavy atom. The zero-order chi connectivity index (χ0) is 15.4. The van der Waals surface area contributed by atoms with Crippen molar-refractivity contribution in [1.82, 2.24) is 9.80 Å². The van der Waals surface area contributed by atoms with Gasteiger partial charge in [-0.15, -0.1) is 0 Å². The van der Waals surface area contributed by atoms with Gasteiger partial charge in [0.2, 0.25) is 0 Å². The third-order valence-corrected chi connectivity index (χ3v) is 4.14. The minimum absolute atomic E-state index is 0.242. The van der Waals surface area contributed by atoms with Crippen LogP contribution in [0.3, 0.4) is 0 Å². The van der Waals surface area contributed by atoms with Crippen LogP contribution in [0.25, 0.3) is 0 Å². The molecule has 0 aromatic heterocycles. The SMILES string of the molecule is CN(C)CC1CC(O)CN1CCOc1ccc(Cl)cc1Cl. The molecule has 1 aliphatic heterocycles. The van der Waals surface area contributed by atoms with Crippen molar-refractivity contribution in [3.05, 3.63) is 28.2 Å². The summed E-state index contributed by atoms with van der Waals surface area (Å²) in [5.41, 5.74) is 0. The van der Waals surface area contributed by atoms with E-state index in [0.717, 1.165) is 19.5 Å². The Hall–Kier alpha value is -0.520. The summed E-state index contributed by atoms with van der Waals surface area (Å²) < 4.78 is 5.71. The first kappa shape index (κ1) is 16.8. The second kappa shape index (κ2) is 7.65. The zero-order valence-corrected chi connectivity index (χ0v) is 13.9. The molecule has 1 saturated heterocycles. The highest BCUT2D eigenvalue weighted by Crippen LogP contribution is 2.27. The Morgan fingerprint density at radius 3 is 2.81 bits per heavy atom. The maximum absolute atomic E-state index is 9.84. The van der Waals surface area contributed by atoms with Gasteiger partial charge in [-0.2, -0.15) is 0 Å². The molecule has 6 heteroatoms. The maximum Gasteiger partial charge on any atom is 0.138 e. The Kier molecular flexibility index (Phi) is 6.14. The van der Waals surface area contributed by atoms with E-state index in [4.69, 9.17) is 27.9 Å². The number of aliphatic hydroxyl groups excluding tert-OH is 1. The van der Waals surface area contributed by atoms with Crippen molar-refractivity contribution in [1.29, 1.82) is 0 Å². The number of ether oxygens (including phenoxy) is 1. The van der Waals surface area contributed by atoms with Gasteiger partial charge in [-0.3, -0.25) is 4.90 Å². The van der Waals surface area contributed by atoms with Crippen LogP contribution in [-0.4, -0.2) is 67.4 Å². The molecule has 1 aromatic rings. The van der Waals surface area contributed by atoms with E-state index in [1.165, 1.54) is 0 Å². The molecular weight excluding hydrogens is 311 g/mol. The Labute approximate surface area is 136 Å². The highest BCUT2D eigenvalue weighted by Gasteiger charge is 2.30. The molecule has 1 N–H and O–H groups in total. The summed E-state index contributed by atoms with van der Waals surface area (Å²) >= 11 is 11.9. The average Bonchev–Trinajstić information content (AvgIpc) is 2.71. The fourth-order valence-electron chi connectivity index (χ4n) is 2.71. The van der Waals surface area contributed by atoms with Crippen LogP contribution in [-0.2, 0) is 0 Å². The Balaban J connectivity index is 1.84. The van der Waals surface area contributed by atoms with E-state index in [0.29, 0.717) is 35.0 Å². The lowest BCUT2D eigenvalue weighted by atomic mass is 10.2. The number of halogens is 2. The molecular formula is C15H22Cl2N2O2. The molecule has 0 aliphatic carbocycles. The van der Waals surface area contributed by atoms with Crippen LogP contribution in [0.5, 0.6) is 5.75 Å². The number of likely N-dealkylation sites (tertiary alicyclic amines) is 1. The molecule has 0 amide bonds. The van der Waals surface area contributed by atoms with E-state index in [9.17, 15) is 5.11 Å². The summed E-state index contributed by atoms with van der Waals surface area (Å²) in [6, 6.07) is 5.59. The lowest BCUT2D eigenvalue weighted by molar-refractivity contribution is 0.155. The Bertz CT molecular complexity index is 471. The lowest BCUT2D eigenvalue weighted by Crippen LogP contribution is -2.39. The molecule has 1 aromatic carbocycles. The van der Waals surface area contributed by atoms with E-state index in [-0.39, 0.29) is 6.10 Å². The predicted octanol–water partition coefficient (Wildman–Crippen LogP) is 2.37. The molecule has 1 heterocycles. The molecule has 0 saturated carbocycles. The number of benzene rings is 1. The van der Waals surface area contributed by atoms with Gasteiger partial charge in [-0.1, -0.05) is 23.2 Å². The number of hydrogen-bond donors (Lipinski definition) is 1. The first-order valence-electron chi connectivity index (χ1n) is 7.10. The molecule has 2 atom stereocenters. The smallest absolute Gasteiger partial charge is 0.138 e. The fourth-order valence-corrected chi connectivity index (χ4v) is 3.17. The van der Waals surface area contributed by atoms with Crippen LogP contribution < -0.4 is 4.74 Å². The van der Waals surface area contributed by atoms with Crippen molar-refractivity contribution in [2.45, 2.75) is 18.6 Å². The van der Waals surface area contributed by atoms with Crippen LogP contribution in [0.2, 0.25) is 10.0 Å². The Morgan fingerprint density at radius 2 is 2.14 bits per heavy atom. The van der Waals surface area contributed by atoms with Crippen molar-refractivity contribution in [3.63, 3.8) is 0 Å². The highest BCUT2D eigenvalue weighted by atomic mass is 35.5. The first-order chi connectivity index (χ1) is 9.95. The number of likely N-dealkylation sites (N-methyl/N-ethyl adjacent to an activating group) is 1.